The average molecular weight is 499 g/mol. The number of oxazole rings is 1. The van der Waals surface area contributed by atoms with Crippen molar-refractivity contribution in [1.82, 2.24) is 9.29 Å². The van der Waals surface area contributed by atoms with E-state index in [2.05, 4.69) is 20.9 Å². The summed E-state index contributed by atoms with van der Waals surface area (Å²) in [5, 5.41) is 0. The minimum atomic E-state index is -3.89. The number of fused-ring (bicyclic) bond motifs is 1. The minimum absolute atomic E-state index is 0.0354. The summed E-state index contributed by atoms with van der Waals surface area (Å²) >= 11 is 3.25. The summed E-state index contributed by atoms with van der Waals surface area (Å²) in [5.41, 5.74) is 1.41. The maximum absolute atomic E-state index is 13.3. The van der Waals surface area contributed by atoms with Crippen LogP contribution in [0.5, 0.6) is 0 Å². The van der Waals surface area contributed by atoms with Gasteiger partial charge in [-0.25, -0.2) is 21.8 Å². The number of hydrogen-bond donors (Lipinski definition) is 0. The first-order valence-electron chi connectivity index (χ1n) is 9.01. The third kappa shape index (κ3) is 3.98. The summed E-state index contributed by atoms with van der Waals surface area (Å²) in [6.45, 7) is 0.583. The monoisotopic (exact) mass is 498 g/mol. The van der Waals surface area contributed by atoms with E-state index < -0.39 is 19.9 Å². The Balaban J connectivity index is 1.67. The quantitative estimate of drug-likeness (QED) is 0.545. The van der Waals surface area contributed by atoms with Crippen molar-refractivity contribution < 1.29 is 21.3 Å². The highest BCUT2D eigenvalue weighted by Crippen LogP contribution is 2.34. The molecule has 1 atom stereocenters. The van der Waals surface area contributed by atoms with E-state index in [9.17, 15) is 16.8 Å². The molecule has 154 valence electrons. The number of benzene rings is 2. The van der Waals surface area contributed by atoms with Crippen LogP contribution >= 0.6 is 15.9 Å². The second kappa shape index (κ2) is 7.50. The molecule has 7 nitrogen and oxygen atoms in total. The van der Waals surface area contributed by atoms with Gasteiger partial charge in [-0.1, -0.05) is 12.1 Å². The molecule has 1 saturated heterocycles. The van der Waals surface area contributed by atoms with Crippen LogP contribution in [0.25, 0.3) is 11.1 Å². The highest BCUT2D eigenvalue weighted by atomic mass is 79.9. The van der Waals surface area contributed by atoms with Gasteiger partial charge in [-0.2, -0.15) is 4.31 Å². The molecule has 29 heavy (non-hydrogen) atoms. The highest BCUT2D eigenvalue weighted by molar-refractivity contribution is 9.10. The van der Waals surface area contributed by atoms with Crippen LogP contribution in [-0.4, -0.2) is 45.5 Å². The molecule has 0 aliphatic carbocycles. The lowest BCUT2D eigenvalue weighted by atomic mass is 10.00. The van der Waals surface area contributed by atoms with Gasteiger partial charge in [-0.3, -0.25) is 0 Å². The van der Waals surface area contributed by atoms with E-state index in [0.29, 0.717) is 28.9 Å². The number of sulfonamides is 1. The second-order valence-electron chi connectivity index (χ2n) is 7.09. The Morgan fingerprint density at radius 1 is 1.14 bits per heavy atom. The Kier molecular flexibility index (Phi) is 5.30. The molecular weight excluding hydrogens is 480 g/mol. The molecule has 2 heterocycles. The van der Waals surface area contributed by atoms with Gasteiger partial charge >= 0.3 is 0 Å². The molecule has 0 N–H and O–H groups in total. The number of sulfone groups is 1. The molecule has 1 aliphatic rings. The van der Waals surface area contributed by atoms with Crippen LogP contribution in [0.2, 0.25) is 0 Å². The molecule has 1 fully saturated rings. The first kappa shape index (κ1) is 20.5. The van der Waals surface area contributed by atoms with Gasteiger partial charge in [-0.15, -0.1) is 0 Å². The Labute approximate surface area is 177 Å². The average Bonchev–Trinajstić information content (AvgIpc) is 3.11. The number of para-hydroxylation sites is 2. The Morgan fingerprint density at radius 2 is 1.90 bits per heavy atom. The molecule has 3 aromatic rings. The fraction of sp³-hybridized carbons (Fsp3) is 0.316. The summed E-state index contributed by atoms with van der Waals surface area (Å²) in [7, 11) is -7.42. The molecule has 1 aliphatic heterocycles. The van der Waals surface area contributed by atoms with Gasteiger partial charge in [-0.05, 0) is 59.1 Å². The first-order chi connectivity index (χ1) is 13.7. The third-order valence-electron chi connectivity index (χ3n) is 4.99. The Morgan fingerprint density at radius 3 is 2.62 bits per heavy atom. The van der Waals surface area contributed by atoms with Crippen molar-refractivity contribution in [1.29, 1.82) is 0 Å². The predicted molar refractivity (Wildman–Crippen MR) is 112 cm³/mol. The van der Waals surface area contributed by atoms with Gasteiger partial charge in [0.2, 0.25) is 10.0 Å². The molecule has 0 amide bonds. The molecule has 0 radical (unpaired) electrons. The van der Waals surface area contributed by atoms with Crippen LogP contribution in [0.4, 0.5) is 0 Å². The van der Waals surface area contributed by atoms with E-state index in [0.717, 1.165) is 18.2 Å². The van der Waals surface area contributed by atoms with E-state index in [4.69, 9.17) is 4.42 Å². The van der Waals surface area contributed by atoms with Gasteiger partial charge in [0, 0.05) is 29.7 Å². The molecular formula is C19H19BrN2O5S2. The van der Waals surface area contributed by atoms with Crippen LogP contribution in [0.15, 0.2) is 61.1 Å². The Hall–Kier alpha value is -1.75. The van der Waals surface area contributed by atoms with Gasteiger partial charge in [0.05, 0.1) is 9.79 Å². The largest absolute Gasteiger partial charge is 0.440 e. The van der Waals surface area contributed by atoms with Gasteiger partial charge in [0.15, 0.2) is 21.3 Å². The van der Waals surface area contributed by atoms with Crippen LogP contribution in [0.3, 0.4) is 0 Å². The van der Waals surface area contributed by atoms with Crippen LogP contribution < -0.4 is 0 Å². The van der Waals surface area contributed by atoms with Crippen LogP contribution in [0.1, 0.15) is 24.7 Å². The SMILES string of the molecule is CS(=O)(=O)c1ccc(Br)c(S(=O)(=O)N2CCCC(c3nc4ccccc4o3)C2)c1. The van der Waals surface area contributed by atoms with Crippen molar-refractivity contribution in [2.75, 3.05) is 19.3 Å². The van der Waals surface area contributed by atoms with E-state index in [1.165, 1.54) is 22.5 Å². The molecule has 4 rings (SSSR count). The number of hydrogen-bond acceptors (Lipinski definition) is 6. The summed E-state index contributed by atoms with van der Waals surface area (Å²) in [6.07, 6.45) is 2.48. The molecule has 0 bridgehead atoms. The third-order valence-corrected chi connectivity index (χ3v) is 8.96. The van der Waals surface area contributed by atoms with Crippen molar-refractivity contribution in [3.8, 4) is 0 Å². The molecule has 1 aromatic heterocycles. The zero-order valence-electron chi connectivity index (χ0n) is 15.6. The summed E-state index contributed by atoms with van der Waals surface area (Å²) in [4.78, 5) is 4.42. The smallest absolute Gasteiger partial charge is 0.244 e. The van der Waals surface area contributed by atoms with Crippen LogP contribution in [0, 0.1) is 0 Å². The molecule has 2 aromatic carbocycles. The van der Waals surface area contributed by atoms with Gasteiger partial charge < -0.3 is 4.42 Å². The summed E-state index contributed by atoms with van der Waals surface area (Å²) in [6, 6.07) is 11.5. The Bertz CT molecular complexity index is 1250. The zero-order valence-corrected chi connectivity index (χ0v) is 18.8. The normalized spacial score (nSPS) is 18.9. The van der Waals surface area contributed by atoms with E-state index >= 15 is 0 Å². The van der Waals surface area contributed by atoms with Crippen molar-refractivity contribution in [3.05, 3.63) is 52.8 Å². The maximum atomic E-state index is 13.3. The van der Waals surface area contributed by atoms with E-state index in [1.807, 2.05) is 24.3 Å². The number of nitrogens with zero attached hydrogens (tertiary/aromatic N) is 2. The van der Waals surface area contributed by atoms with Gasteiger partial charge in [0.25, 0.3) is 0 Å². The number of aromatic nitrogens is 1. The standard InChI is InChI=1S/C19H19BrN2O5S2/c1-28(23,24)14-8-9-15(20)18(11-14)29(25,26)22-10-4-5-13(12-22)19-21-16-6-2-3-7-17(16)27-19/h2-3,6-9,11,13H,4-5,10,12H2,1H3. The lowest BCUT2D eigenvalue weighted by molar-refractivity contribution is 0.288. The molecule has 0 saturated carbocycles. The first-order valence-corrected chi connectivity index (χ1v) is 13.1. The number of piperidine rings is 1. The molecule has 10 heteroatoms. The number of halogens is 1. The summed E-state index contributed by atoms with van der Waals surface area (Å²) in [5.74, 6) is 0.359. The fourth-order valence-corrected chi connectivity index (χ4v) is 6.67. The highest BCUT2D eigenvalue weighted by Gasteiger charge is 2.34. The summed E-state index contributed by atoms with van der Waals surface area (Å²) < 4.78 is 57.9. The van der Waals surface area contributed by atoms with Crippen molar-refractivity contribution in [2.24, 2.45) is 0 Å². The van der Waals surface area contributed by atoms with Crippen molar-refractivity contribution in [3.63, 3.8) is 0 Å². The molecule has 1 unspecified atom stereocenters. The number of rotatable bonds is 4. The topological polar surface area (TPSA) is 97.5 Å². The predicted octanol–water partition coefficient (Wildman–Crippen LogP) is 3.56. The van der Waals surface area contributed by atoms with Crippen molar-refractivity contribution in [2.45, 2.75) is 28.6 Å². The minimum Gasteiger partial charge on any atom is -0.440 e. The second-order valence-corrected chi connectivity index (χ2v) is 11.9. The molecule has 0 spiro atoms. The van der Waals surface area contributed by atoms with Crippen molar-refractivity contribution >= 4 is 46.9 Å². The maximum Gasteiger partial charge on any atom is 0.244 e. The fourth-order valence-electron chi connectivity index (χ4n) is 3.48. The van der Waals surface area contributed by atoms with Gasteiger partial charge in [0.1, 0.15) is 5.52 Å². The lowest BCUT2D eigenvalue weighted by Gasteiger charge is -2.30. The van der Waals surface area contributed by atoms with Crippen LogP contribution in [-0.2, 0) is 19.9 Å². The zero-order chi connectivity index (χ0) is 20.8. The lowest BCUT2D eigenvalue weighted by Crippen LogP contribution is -2.39. The van der Waals surface area contributed by atoms with E-state index in [1.54, 1.807) is 0 Å². The van der Waals surface area contributed by atoms with E-state index in [-0.39, 0.29) is 22.3 Å².